The average molecular weight is 389 g/mol. The number of methoxy groups -OCH3 is 1. The summed E-state index contributed by atoms with van der Waals surface area (Å²) in [6, 6.07) is 7.90. The highest BCUT2D eigenvalue weighted by molar-refractivity contribution is 5.75. The van der Waals surface area contributed by atoms with E-state index >= 15 is 0 Å². The number of rotatable bonds is 5. The molecule has 0 aliphatic heterocycles. The summed E-state index contributed by atoms with van der Waals surface area (Å²) in [6.07, 6.45) is 3.89. The monoisotopic (exact) mass is 389 g/mol. The molecule has 1 aromatic heterocycles. The van der Waals surface area contributed by atoms with Gasteiger partial charge in [0.1, 0.15) is 17.3 Å². The molecule has 0 bridgehead atoms. The Morgan fingerprint density at radius 2 is 1.86 bits per heavy atom. The fourth-order valence-corrected chi connectivity index (χ4v) is 3.22. The largest absolute Gasteiger partial charge is 0.494 e. The van der Waals surface area contributed by atoms with E-state index in [9.17, 15) is 4.79 Å². The third kappa shape index (κ3) is 5.78. The maximum Gasteiger partial charge on any atom is 0.300 e. The Hall–Kier alpha value is -2.94. The number of nitrogens with zero attached hydrogens (tertiary/aromatic N) is 3. The molecular weight excluding hydrogens is 362 g/mol. The van der Waals surface area contributed by atoms with Crippen molar-refractivity contribution in [2.75, 3.05) is 7.11 Å². The molecule has 9 heteroatoms. The van der Waals surface area contributed by atoms with E-state index in [1.54, 1.807) is 11.8 Å². The molecule has 0 atom stereocenters. The zero-order valence-corrected chi connectivity index (χ0v) is 16.2. The van der Waals surface area contributed by atoms with Gasteiger partial charge in [0.15, 0.2) is 5.82 Å². The Labute approximate surface area is 163 Å². The number of aromatic nitrogens is 3. The predicted octanol–water partition coefficient (Wildman–Crippen LogP) is 1.38. The molecule has 1 amide bonds. The maximum atomic E-state index is 11.3. The van der Waals surface area contributed by atoms with Gasteiger partial charge in [0.25, 0.3) is 5.97 Å². The zero-order valence-electron chi connectivity index (χ0n) is 16.2. The van der Waals surface area contributed by atoms with Gasteiger partial charge >= 0.3 is 0 Å². The molecule has 152 valence electrons. The minimum absolute atomic E-state index is 0.0291. The number of carboxylic acids is 1. The van der Waals surface area contributed by atoms with Crippen LogP contribution in [0.15, 0.2) is 24.3 Å². The highest BCUT2D eigenvalue weighted by atomic mass is 16.5. The Morgan fingerprint density at radius 3 is 2.43 bits per heavy atom. The van der Waals surface area contributed by atoms with Gasteiger partial charge in [-0.25, -0.2) is 9.67 Å². The molecule has 1 heterocycles. The second kappa shape index (κ2) is 9.84. The van der Waals surface area contributed by atoms with Crippen molar-refractivity contribution in [2.24, 2.45) is 11.5 Å². The molecule has 3 rings (SSSR count). The van der Waals surface area contributed by atoms with Crippen LogP contribution in [0.3, 0.4) is 0 Å². The first kappa shape index (κ1) is 21.4. The van der Waals surface area contributed by atoms with E-state index < -0.39 is 11.9 Å². The first-order valence-electron chi connectivity index (χ1n) is 9.14. The summed E-state index contributed by atoms with van der Waals surface area (Å²) in [5.41, 5.74) is 12.1. The molecule has 1 saturated carbocycles. The number of ether oxygens (including phenoxy) is 1. The lowest BCUT2D eigenvalue weighted by atomic mass is 9.86. The molecule has 1 aliphatic rings. The minimum atomic E-state index is -0.833. The highest BCUT2D eigenvalue weighted by Crippen LogP contribution is 2.34. The molecule has 0 spiro atoms. The molecule has 2 aromatic rings. The SMILES string of the molecule is CC(=O)O.COc1ccccc1-n1nc(CC(N)=O)nc1C1CCC(N)CC1. The second-order valence-corrected chi connectivity index (χ2v) is 6.74. The van der Waals surface area contributed by atoms with Crippen LogP contribution in [-0.4, -0.2) is 44.9 Å². The number of carboxylic acid groups (broad SMARTS) is 1. The van der Waals surface area contributed by atoms with Crippen molar-refractivity contribution in [1.29, 1.82) is 0 Å². The van der Waals surface area contributed by atoms with E-state index in [1.807, 2.05) is 24.3 Å². The van der Waals surface area contributed by atoms with Crippen LogP contribution in [0.4, 0.5) is 0 Å². The maximum absolute atomic E-state index is 11.3. The van der Waals surface area contributed by atoms with Crippen molar-refractivity contribution in [3.05, 3.63) is 35.9 Å². The number of aliphatic carboxylic acids is 1. The summed E-state index contributed by atoms with van der Waals surface area (Å²) in [6.45, 7) is 1.08. The molecule has 9 nitrogen and oxygen atoms in total. The number of amides is 1. The lowest BCUT2D eigenvalue weighted by Crippen LogP contribution is -2.26. The Morgan fingerprint density at radius 1 is 1.25 bits per heavy atom. The smallest absolute Gasteiger partial charge is 0.300 e. The Bertz CT molecular complexity index is 808. The van der Waals surface area contributed by atoms with Crippen LogP contribution in [0.2, 0.25) is 0 Å². The number of carbonyl (C=O) groups is 2. The molecule has 0 unspecified atom stereocenters. The van der Waals surface area contributed by atoms with Crippen LogP contribution in [-0.2, 0) is 16.0 Å². The van der Waals surface area contributed by atoms with Crippen LogP contribution >= 0.6 is 0 Å². The van der Waals surface area contributed by atoms with Gasteiger partial charge < -0.3 is 21.3 Å². The number of nitrogens with two attached hydrogens (primary N) is 2. The van der Waals surface area contributed by atoms with Gasteiger partial charge in [-0.3, -0.25) is 9.59 Å². The molecule has 1 fully saturated rings. The van der Waals surface area contributed by atoms with Crippen molar-refractivity contribution in [3.8, 4) is 11.4 Å². The summed E-state index contributed by atoms with van der Waals surface area (Å²) < 4.78 is 7.24. The molecule has 0 saturated heterocycles. The van der Waals surface area contributed by atoms with E-state index in [4.69, 9.17) is 26.1 Å². The molecule has 1 aromatic carbocycles. The van der Waals surface area contributed by atoms with Gasteiger partial charge in [0.2, 0.25) is 5.91 Å². The van der Waals surface area contributed by atoms with Crippen molar-refractivity contribution in [1.82, 2.24) is 14.8 Å². The van der Waals surface area contributed by atoms with Crippen LogP contribution in [0.25, 0.3) is 5.69 Å². The Kier molecular flexibility index (Phi) is 7.51. The number of carbonyl (C=O) groups excluding carboxylic acids is 1. The summed E-state index contributed by atoms with van der Waals surface area (Å²) in [5, 5.41) is 11.9. The van der Waals surface area contributed by atoms with Crippen LogP contribution in [0.5, 0.6) is 5.75 Å². The summed E-state index contributed by atoms with van der Waals surface area (Å²) in [5.74, 6) is 0.996. The van der Waals surface area contributed by atoms with Crippen molar-refractivity contribution in [3.63, 3.8) is 0 Å². The highest BCUT2D eigenvalue weighted by Gasteiger charge is 2.27. The Balaban J connectivity index is 0.000000640. The second-order valence-electron chi connectivity index (χ2n) is 6.74. The molecule has 28 heavy (non-hydrogen) atoms. The van der Waals surface area contributed by atoms with Crippen LogP contribution < -0.4 is 16.2 Å². The summed E-state index contributed by atoms with van der Waals surface area (Å²) in [4.78, 5) is 24.9. The number of primary amides is 1. The first-order chi connectivity index (χ1) is 13.3. The predicted molar refractivity (Wildman–Crippen MR) is 103 cm³/mol. The summed E-state index contributed by atoms with van der Waals surface area (Å²) in [7, 11) is 1.62. The molecule has 5 N–H and O–H groups in total. The normalized spacial score (nSPS) is 18.7. The number of hydrogen-bond donors (Lipinski definition) is 3. The van der Waals surface area contributed by atoms with Gasteiger partial charge in [-0.15, -0.1) is 0 Å². The lowest BCUT2D eigenvalue weighted by molar-refractivity contribution is -0.134. The van der Waals surface area contributed by atoms with Gasteiger partial charge in [-0.05, 0) is 37.8 Å². The van der Waals surface area contributed by atoms with E-state index in [1.165, 1.54) is 0 Å². The fraction of sp³-hybridized carbons (Fsp3) is 0.474. The molecule has 0 radical (unpaired) electrons. The van der Waals surface area contributed by atoms with Crippen molar-refractivity contribution in [2.45, 2.75) is 51.0 Å². The van der Waals surface area contributed by atoms with Gasteiger partial charge in [0, 0.05) is 18.9 Å². The summed E-state index contributed by atoms with van der Waals surface area (Å²) >= 11 is 0. The quantitative estimate of drug-likeness (QED) is 0.700. The number of para-hydroxylation sites is 2. The zero-order chi connectivity index (χ0) is 20.7. The molecule has 1 aliphatic carbocycles. The van der Waals surface area contributed by atoms with E-state index in [0.29, 0.717) is 11.6 Å². The van der Waals surface area contributed by atoms with Crippen molar-refractivity contribution >= 4 is 11.9 Å². The third-order valence-corrected chi connectivity index (χ3v) is 4.46. The van der Waals surface area contributed by atoms with Crippen LogP contribution in [0.1, 0.15) is 50.2 Å². The van der Waals surface area contributed by atoms with E-state index in [0.717, 1.165) is 44.1 Å². The average Bonchev–Trinajstić information content (AvgIpc) is 3.04. The van der Waals surface area contributed by atoms with Crippen LogP contribution in [0, 0.1) is 0 Å². The molecular formula is C19H27N5O4. The standard InChI is InChI=1S/C17H23N5O2.C2H4O2/c1-24-14-5-3-2-4-13(14)22-17(11-6-8-12(18)9-7-11)20-16(21-22)10-15(19)23;1-2(3)4/h2-5,11-12H,6-10,18H2,1H3,(H2,19,23);1H3,(H,3,4). The topological polar surface area (TPSA) is 146 Å². The van der Waals surface area contributed by atoms with E-state index in [-0.39, 0.29) is 18.4 Å². The number of hydrogen-bond acceptors (Lipinski definition) is 6. The fourth-order valence-electron chi connectivity index (χ4n) is 3.22. The minimum Gasteiger partial charge on any atom is -0.494 e. The first-order valence-corrected chi connectivity index (χ1v) is 9.14. The third-order valence-electron chi connectivity index (χ3n) is 4.46. The van der Waals surface area contributed by atoms with Gasteiger partial charge in [0.05, 0.1) is 13.5 Å². The van der Waals surface area contributed by atoms with Gasteiger partial charge in [-0.2, -0.15) is 5.10 Å². The lowest BCUT2D eigenvalue weighted by Gasteiger charge is -2.25. The van der Waals surface area contributed by atoms with Crippen molar-refractivity contribution < 1.29 is 19.4 Å². The van der Waals surface area contributed by atoms with Gasteiger partial charge in [-0.1, -0.05) is 12.1 Å². The number of benzene rings is 1. The van der Waals surface area contributed by atoms with E-state index in [2.05, 4.69) is 10.1 Å².